The summed E-state index contributed by atoms with van der Waals surface area (Å²) in [5.74, 6) is -4.45. The van der Waals surface area contributed by atoms with Crippen LogP contribution in [0.1, 0.15) is 68.9 Å². The number of likely N-dealkylation sites (tertiary alicyclic amines) is 2. The lowest BCUT2D eigenvalue weighted by molar-refractivity contribution is -0.159. The molecule has 3 aliphatic rings. The maximum atomic E-state index is 9.10. The van der Waals surface area contributed by atoms with Crippen LogP contribution in [0.25, 0.3) is 20.5 Å². The van der Waals surface area contributed by atoms with Crippen LogP contribution in [0, 0.1) is 0 Å². The molecular formula is C43H52N2O11S. The van der Waals surface area contributed by atoms with Gasteiger partial charge in [-0.05, 0) is 149 Å². The van der Waals surface area contributed by atoms with E-state index in [4.69, 9.17) is 53.8 Å². The normalized spacial score (nSPS) is 18.3. The minimum Gasteiger partial charge on any atom is -0.497 e. The van der Waals surface area contributed by atoms with Crippen LogP contribution in [0.15, 0.2) is 66.7 Å². The van der Waals surface area contributed by atoms with Gasteiger partial charge < -0.3 is 34.6 Å². The van der Waals surface area contributed by atoms with E-state index in [2.05, 4.69) is 76.5 Å². The van der Waals surface area contributed by atoms with Crippen molar-refractivity contribution in [1.82, 2.24) is 9.80 Å². The molecule has 4 aromatic rings. The largest absolute Gasteiger partial charge is 0.497 e. The molecule has 7 rings (SSSR count). The zero-order valence-electron chi connectivity index (χ0n) is 32.3. The summed E-state index contributed by atoms with van der Waals surface area (Å²) in [5, 5.41) is 30.8. The number of nitrogens with zero attached hydrogens (tertiary/aromatic N) is 2. The Morgan fingerprint density at radius 1 is 0.684 bits per heavy atom. The van der Waals surface area contributed by atoms with E-state index >= 15 is 0 Å². The number of carbonyl (C=O) groups is 4. The van der Waals surface area contributed by atoms with Gasteiger partial charge in [0, 0.05) is 27.5 Å². The van der Waals surface area contributed by atoms with Crippen LogP contribution in [-0.4, -0.2) is 113 Å². The monoisotopic (exact) mass is 804 g/mol. The smallest absolute Gasteiger partial charge is 0.414 e. The number of piperidine rings is 1. The highest BCUT2D eigenvalue weighted by Gasteiger charge is 2.32. The summed E-state index contributed by atoms with van der Waals surface area (Å²) in [7, 11) is 1.75. The second kappa shape index (κ2) is 21.4. The molecule has 1 saturated carbocycles. The van der Waals surface area contributed by atoms with Gasteiger partial charge in [0.1, 0.15) is 30.0 Å². The highest BCUT2D eigenvalue weighted by molar-refractivity contribution is 7.22. The van der Waals surface area contributed by atoms with Gasteiger partial charge in [-0.15, -0.1) is 11.3 Å². The average Bonchev–Trinajstić information content (AvgIpc) is 3.88. The van der Waals surface area contributed by atoms with Gasteiger partial charge in [0.25, 0.3) is 0 Å². The van der Waals surface area contributed by atoms with E-state index in [1.165, 1.54) is 109 Å². The van der Waals surface area contributed by atoms with Gasteiger partial charge in [-0.1, -0.05) is 25.0 Å². The van der Waals surface area contributed by atoms with Crippen molar-refractivity contribution in [2.45, 2.75) is 76.4 Å². The predicted octanol–water partition coefficient (Wildman–Crippen LogP) is 7.13. The predicted molar refractivity (Wildman–Crippen MR) is 217 cm³/mol. The standard InChI is InChI=1S/C39H48N2O3S.2C2H2O4/c1-42-33-19-20-38-34(28-33)35(39(45-38)30-13-17-31(18-14-30)43-26-25-40-21-7-8-22-40)27-29-11-15-32(16-12-29)44-37-10-4-3-9-36(37)41-23-5-2-6-24-41;2*3-1(4)2(5)6/h11-20,28,36-37H,2-10,21-27H2,1H3;2*(H,3,4)(H,5,6)/t36-,37-;;/m1../s1. The third-order valence-corrected chi connectivity index (χ3v) is 11.7. The highest BCUT2D eigenvalue weighted by Crippen LogP contribution is 2.42. The fraction of sp³-hybridized carbons (Fsp3) is 0.442. The number of carboxylic acids is 4. The molecule has 2 saturated heterocycles. The molecule has 0 spiro atoms. The van der Waals surface area contributed by atoms with Crippen molar-refractivity contribution >= 4 is 45.3 Å². The molecule has 0 radical (unpaired) electrons. The summed E-state index contributed by atoms with van der Waals surface area (Å²) >= 11 is 1.86. The lowest BCUT2D eigenvalue weighted by atomic mass is 9.90. The first-order chi connectivity index (χ1) is 27.5. The van der Waals surface area contributed by atoms with Crippen LogP contribution in [0.3, 0.4) is 0 Å². The van der Waals surface area contributed by atoms with Gasteiger partial charge in [0.05, 0.1) is 7.11 Å². The van der Waals surface area contributed by atoms with Crippen LogP contribution < -0.4 is 14.2 Å². The first-order valence-electron chi connectivity index (χ1n) is 19.5. The number of rotatable bonds is 11. The van der Waals surface area contributed by atoms with Crippen molar-refractivity contribution in [2.75, 3.05) is 46.4 Å². The van der Waals surface area contributed by atoms with Crippen LogP contribution >= 0.6 is 11.3 Å². The molecule has 57 heavy (non-hydrogen) atoms. The van der Waals surface area contributed by atoms with Crippen molar-refractivity contribution in [3.63, 3.8) is 0 Å². The number of ether oxygens (including phenoxy) is 3. The molecule has 1 aromatic heterocycles. The Hall–Kier alpha value is -5.18. The molecule has 14 heteroatoms. The summed E-state index contributed by atoms with van der Waals surface area (Å²) < 4.78 is 19.7. The van der Waals surface area contributed by atoms with Gasteiger partial charge in [0.15, 0.2) is 0 Å². The molecule has 306 valence electrons. The Morgan fingerprint density at radius 3 is 1.88 bits per heavy atom. The Bertz CT molecular complexity index is 1890. The molecule has 3 aromatic carbocycles. The van der Waals surface area contributed by atoms with Crippen molar-refractivity contribution < 1.29 is 53.8 Å². The molecule has 0 unspecified atom stereocenters. The van der Waals surface area contributed by atoms with E-state index in [-0.39, 0.29) is 0 Å². The van der Waals surface area contributed by atoms with Crippen molar-refractivity contribution in [1.29, 1.82) is 0 Å². The number of thiophene rings is 1. The molecule has 13 nitrogen and oxygen atoms in total. The summed E-state index contributed by atoms with van der Waals surface area (Å²) in [4.78, 5) is 42.9. The van der Waals surface area contributed by atoms with Gasteiger partial charge >= 0.3 is 23.9 Å². The topological polar surface area (TPSA) is 183 Å². The first-order valence-corrected chi connectivity index (χ1v) is 20.3. The molecule has 2 aliphatic heterocycles. The molecule has 2 atom stereocenters. The fourth-order valence-electron chi connectivity index (χ4n) is 7.61. The third-order valence-electron chi connectivity index (χ3n) is 10.5. The zero-order valence-corrected chi connectivity index (χ0v) is 33.1. The number of fused-ring (bicyclic) bond motifs is 1. The number of hydrogen-bond acceptors (Lipinski definition) is 10. The second-order valence-electron chi connectivity index (χ2n) is 14.3. The van der Waals surface area contributed by atoms with Crippen LogP contribution in [-0.2, 0) is 25.6 Å². The number of benzene rings is 3. The van der Waals surface area contributed by atoms with Gasteiger partial charge in [0.2, 0.25) is 0 Å². The van der Waals surface area contributed by atoms with Crippen LogP contribution in [0.5, 0.6) is 17.2 Å². The lowest BCUT2D eigenvalue weighted by Crippen LogP contribution is -2.49. The number of hydrogen-bond donors (Lipinski definition) is 4. The van der Waals surface area contributed by atoms with Crippen molar-refractivity contribution in [2.24, 2.45) is 0 Å². The first kappa shape index (κ1) is 43.0. The molecule has 0 bridgehead atoms. The van der Waals surface area contributed by atoms with Crippen molar-refractivity contribution in [3.05, 3.63) is 77.9 Å². The average molecular weight is 805 g/mol. The van der Waals surface area contributed by atoms with Gasteiger partial charge in [-0.2, -0.15) is 0 Å². The SMILES string of the molecule is COc1ccc2sc(-c3ccc(OCCN4CCCC4)cc3)c(Cc3ccc(O[C@@H]4CCCC[C@H]4N4CCCCC4)cc3)c2c1.O=C(O)C(=O)O.O=C(O)C(=O)O. The van der Waals surface area contributed by atoms with E-state index in [1.807, 2.05) is 11.3 Å². The maximum Gasteiger partial charge on any atom is 0.414 e. The number of carboxylic acid groups (broad SMARTS) is 4. The van der Waals surface area contributed by atoms with E-state index in [0.717, 1.165) is 43.2 Å². The molecule has 3 heterocycles. The zero-order chi connectivity index (χ0) is 40.7. The molecule has 3 fully saturated rings. The summed E-state index contributed by atoms with van der Waals surface area (Å²) in [5.41, 5.74) is 3.88. The third kappa shape index (κ3) is 12.7. The minimum atomic E-state index is -1.82. The fourth-order valence-corrected chi connectivity index (χ4v) is 8.82. The second-order valence-corrected chi connectivity index (χ2v) is 15.4. The molecule has 1 aliphatic carbocycles. The quantitative estimate of drug-likeness (QED) is 0.113. The number of aliphatic carboxylic acids is 4. The molecule has 0 amide bonds. The molecule has 4 N–H and O–H groups in total. The van der Waals surface area contributed by atoms with E-state index in [0.29, 0.717) is 12.1 Å². The maximum absolute atomic E-state index is 9.10. The van der Waals surface area contributed by atoms with E-state index < -0.39 is 23.9 Å². The Kier molecular flexibility index (Phi) is 16.1. The van der Waals surface area contributed by atoms with Crippen LogP contribution in [0.4, 0.5) is 0 Å². The van der Waals surface area contributed by atoms with Gasteiger partial charge in [-0.3, -0.25) is 9.80 Å². The number of methoxy groups -OCH3 is 1. The summed E-state index contributed by atoms with van der Waals surface area (Å²) in [6, 6.07) is 24.6. The van der Waals surface area contributed by atoms with E-state index in [9.17, 15) is 0 Å². The van der Waals surface area contributed by atoms with E-state index in [1.54, 1.807) is 7.11 Å². The van der Waals surface area contributed by atoms with Crippen LogP contribution in [0.2, 0.25) is 0 Å². The highest BCUT2D eigenvalue weighted by atomic mass is 32.1. The Balaban J connectivity index is 0.000000452. The Labute approximate surface area is 336 Å². The van der Waals surface area contributed by atoms with Crippen molar-refractivity contribution in [3.8, 4) is 27.7 Å². The summed E-state index contributed by atoms with van der Waals surface area (Å²) in [6.07, 6.45) is 12.9. The molecular weight excluding hydrogens is 753 g/mol. The lowest BCUT2D eigenvalue weighted by Gasteiger charge is -2.41. The Morgan fingerprint density at radius 2 is 1.26 bits per heavy atom. The minimum absolute atomic E-state index is 0.301. The summed E-state index contributed by atoms with van der Waals surface area (Å²) in [6.45, 7) is 6.63. The van der Waals surface area contributed by atoms with Gasteiger partial charge in [-0.25, -0.2) is 19.2 Å².